The fourth-order valence-electron chi connectivity index (χ4n) is 2.34. The number of amides is 2. The molecule has 1 heterocycles. The maximum absolute atomic E-state index is 12.0. The average molecular weight is 270 g/mol. The molecule has 0 unspecified atom stereocenters. The van der Waals surface area contributed by atoms with Crippen LogP contribution in [-0.2, 0) is 9.59 Å². The summed E-state index contributed by atoms with van der Waals surface area (Å²) >= 11 is 0. The number of piperidine rings is 1. The SMILES string of the molecule is CCCC(=O)N1CCC[C@@H](C(=O)NCC[C@@H](C)O)C1. The zero-order valence-electron chi connectivity index (χ0n) is 12.0. The van der Waals surface area contributed by atoms with Crippen LogP contribution in [-0.4, -0.2) is 47.6 Å². The molecule has 0 spiro atoms. The molecular formula is C14H26N2O3. The van der Waals surface area contributed by atoms with Crippen molar-refractivity contribution in [2.45, 2.75) is 52.1 Å². The van der Waals surface area contributed by atoms with Crippen LogP contribution in [0.25, 0.3) is 0 Å². The van der Waals surface area contributed by atoms with Gasteiger partial charge in [-0.2, -0.15) is 0 Å². The second-order valence-corrected chi connectivity index (χ2v) is 5.36. The van der Waals surface area contributed by atoms with E-state index >= 15 is 0 Å². The van der Waals surface area contributed by atoms with Gasteiger partial charge < -0.3 is 15.3 Å². The van der Waals surface area contributed by atoms with Crippen LogP contribution in [0.1, 0.15) is 46.0 Å². The average Bonchev–Trinajstić information content (AvgIpc) is 2.38. The number of carbonyl (C=O) groups excluding carboxylic acids is 2. The van der Waals surface area contributed by atoms with E-state index in [9.17, 15) is 9.59 Å². The van der Waals surface area contributed by atoms with Gasteiger partial charge in [0.25, 0.3) is 0 Å². The highest BCUT2D eigenvalue weighted by Crippen LogP contribution is 2.17. The fraction of sp³-hybridized carbons (Fsp3) is 0.857. The first-order valence-electron chi connectivity index (χ1n) is 7.28. The Morgan fingerprint density at radius 2 is 2.21 bits per heavy atom. The summed E-state index contributed by atoms with van der Waals surface area (Å²) in [6, 6.07) is 0. The number of hydrogen-bond acceptors (Lipinski definition) is 3. The van der Waals surface area contributed by atoms with E-state index in [1.165, 1.54) is 0 Å². The monoisotopic (exact) mass is 270 g/mol. The van der Waals surface area contributed by atoms with Crippen molar-refractivity contribution in [2.75, 3.05) is 19.6 Å². The third kappa shape index (κ3) is 5.59. The van der Waals surface area contributed by atoms with E-state index in [2.05, 4.69) is 5.32 Å². The number of aliphatic hydroxyl groups excluding tert-OH is 1. The molecule has 1 aliphatic rings. The van der Waals surface area contributed by atoms with Crippen LogP contribution in [0.5, 0.6) is 0 Å². The van der Waals surface area contributed by atoms with E-state index in [1.807, 2.05) is 11.8 Å². The predicted octanol–water partition coefficient (Wildman–Crippen LogP) is 0.912. The van der Waals surface area contributed by atoms with Gasteiger partial charge in [-0.25, -0.2) is 0 Å². The molecule has 0 aromatic heterocycles. The smallest absolute Gasteiger partial charge is 0.224 e. The Morgan fingerprint density at radius 3 is 2.84 bits per heavy atom. The summed E-state index contributed by atoms with van der Waals surface area (Å²) in [6.07, 6.45) is 3.32. The van der Waals surface area contributed by atoms with Crippen molar-refractivity contribution < 1.29 is 14.7 Å². The summed E-state index contributed by atoms with van der Waals surface area (Å²) in [4.78, 5) is 25.6. The molecule has 0 saturated carbocycles. The predicted molar refractivity (Wildman–Crippen MR) is 73.5 cm³/mol. The van der Waals surface area contributed by atoms with Crippen LogP contribution in [0, 0.1) is 5.92 Å². The van der Waals surface area contributed by atoms with Crippen molar-refractivity contribution in [3.8, 4) is 0 Å². The molecule has 1 saturated heterocycles. The number of nitrogens with zero attached hydrogens (tertiary/aromatic N) is 1. The third-order valence-corrected chi connectivity index (χ3v) is 3.47. The lowest BCUT2D eigenvalue weighted by atomic mass is 9.96. The summed E-state index contributed by atoms with van der Waals surface area (Å²) in [5.74, 6) is 0.0715. The molecule has 19 heavy (non-hydrogen) atoms. The fourth-order valence-corrected chi connectivity index (χ4v) is 2.34. The van der Waals surface area contributed by atoms with Crippen molar-refractivity contribution in [3.05, 3.63) is 0 Å². The summed E-state index contributed by atoms with van der Waals surface area (Å²) < 4.78 is 0. The molecule has 2 N–H and O–H groups in total. The minimum atomic E-state index is -0.394. The lowest BCUT2D eigenvalue weighted by molar-refractivity contribution is -0.135. The summed E-state index contributed by atoms with van der Waals surface area (Å²) in [6.45, 7) is 5.51. The zero-order chi connectivity index (χ0) is 14.3. The van der Waals surface area contributed by atoms with E-state index in [0.29, 0.717) is 25.9 Å². The molecule has 2 amide bonds. The molecule has 2 atom stereocenters. The first-order chi connectivity index (χ1) is 9.04. The number of nitrogens with one attached hydrogen (secondary N) is 1. The van der Waals surface area contributed by atoms with Gasteiger partial charge in [0.1, 0.15) is 0 Å². The van der Waals surface area contributed by atoms with Crippen LogP contribution < -0.4 is 5.32 Å². The lowest BCUT2D eigenvalue weighted by Gasteiger charge is -2.32. The molecule has 0 aliphatic carbocycles. The van der Waals surface area contributed by atoms with Crippen LogP contribution >= 0.6 is 0 Å². The van der Waals surface area contributed by atoms with Crippen molar-refractivity contribution >= 4 is 11.8 Å². The van der Waals surface area contributed by atoms with E-state index in [0.717, 1.165) is 25.8 Å². The summed E-state index contributed by atoms with van der Waals surface area (Å²) in [7, 11) is 0. The second-order valence-electron chi connectivity index (χ2n) is 5.36. The molecule has 110 valence electrons. The third-order valence-electron chi connectivity index (χ3n) is 3.47. The van der Waals surface area contributed by atoms with Gasteiger partial charge in [0, 0.05) is 26.1 Å². The van der Waals surface area contributed by atoms with Gasteiger partial charge in [-0.15, -0.1) is 0 Å². The van der Waals surface area contributed by atoms with Crippen molar-refractivity contribution in [1.82, 2.24) is 10.2 Å². The first-order valence-corrected chi connectivity index (χ1v) is 7.28. The summed E-state index contributed by atoms with van der Waals surface area (Å²) in [5.41, 5.74) is 0. The minimum Gasteiger partial charge on any atom is -0.393 e. The van der Waals surface area contributed by atoms with Gasteiger partial charge in [0.05, 0.1) is 12.0 Å². The number of likely N-dealkylation sites (tertiary alicyclic amines) is 1. The van der Waals surface area contributed by atoms with Gasteiger partial charge in [-0.05, 0) is 32.6 Å². The molecule has 5 nitrogen and oxygen atoms in total. The van der Waals surface area contributed by atoms with Crippen LogP contribution in [0.4, 0.5) is 0 Å². The molecule has 1 aliphatic heterocycles. The molecule has 1 fully saturated rings. The van der Waals surface area contributed by atoms with Crippen LogP contribution in [0.3, 0.4) is 0 Å². The molecule has 0 aromatic carbocycles. The Balaban J connectivity index is 2.37. The Bertz CT molecular complexity index is 305. The van der Waals surface area contributed by atoms with Crippen molar-refractivity contribution in [3.63, 3.8) is 0 Å². The maximum Gasteiger partial charge on any atom is 0.224 e. The number of rotatable bonds is 6. The molecular weight excluding hydrogens is 244 g/mol. The molecule has 5 heteroatoms. The highest BCUT2D eigenvalue weighted by atomic mass is 16.3. The summed E-state index contributed by atoms with van der Waals surface area (Å²) in [5, 5.41) is 12.0. The van der Waals surface area contributed by atoms with E-state index in [-0.39, 0.29) is 17.7 Å². The highest BCUT2D eigenvalue weighted by molar-refractivity contribution is 5.81. The molecule has 0 aromatic rings. The van der Waals surface area contributed by atoms with Gasteiger partial charge in [0.2, 0.25) is 11.8 Å². The maximum atomic E-state index is 12.0. The van der Waals surface area contributed by atoms with Gasteiger partial charge in [-0.3, -0.25) is 9.59 Å². The topological polar surface area (TPSA) is 69.6 Å². The highest BCUT2D eigenvalue weighted by Gasteiger charge is 2.27. The second kappa shape index (κ2) is 8.15. The van der Waals surface area contributed by atoms with Crippen LogP contribution in [0.15, 0.2) is 0 Å². The lowest BCUT2D eigenvalue weighted by Crippen LogP contribution is -2.45. The van der Waals surface area contributed by atoms with Crippen molar-refractivity contribution in [2.24, 2.45) is 5.92 Å². The molecule has 0 bridgehead atoms. The molecule has 1 rings (SSSR count). The van der Waals surface area contributed by atoms with Gasteiger partial charge in [-0.1, -0.05) is 6.92 Å². The van der Waals surface area contributed by atoms with Gasteiger partial charge in [0.15, 0.2) is 0 Å². The van der Waals surface area contributed by atoms with Gasteiger partial charge >= 0.3 is 0 Å². The number of hydrogen-bond donors (Lipinski definition) is 2. The van der Waals surface area contributed by atoms with Crippen LogP contribution in [0.2, 0.25) is 0 Å². The Hall–Kier alpha value is -1.10. The Labute approximate surface area is 115 Å². The van der Waals surface area contributed by atoms with Crippen molar-refractivity contribution in [1.29, 1.82) is 0 Å². The van der Waals surface area contributed by atoms with E-state index in [1.54, 1.807) is 6.92 Å². The Morgan fingerprint density at radius 1 is 1.47 bits per heavy atom. The number of carbonyl (C=O) groups is 2. The largest absolute Gasteiger partial charge is 0.393 e. The number of aliphatic hydroxyl groups is 1. The standard InChI is InChI=1S/C14H26N2O3/c1-3-5-13(18)16-9-4-6-12(10-16)14(19)15-8-7-11(2)17/h11-12,17H,3-10H2,1-2H3,(H,15,19)/t11-,12-/m1/s1. The minimum absolute atomic E-state index is 0.00893. The first kappa shape index (κ1) is 16.0. The quantitative estimate of drug-likeness (QED) is 0.754. The Kier molecular flexibility index (Phi) is 6.84. The van der Waals surface area contributed by atoms with E-state index in [4.69, 9.17) is 5.11 Å². The van der Waals surface area contributed by atoms with E-state index < -0.39 is 6.10 Å². The molecule has 0 radical (unpaired) electrons. The normalized spacial score (nSPS) is 21.0. The zero-order valence-corrected chi connectivity index (χ0v) is 12.0.